The van der Waals surface area contributed by atoms with Crippen molar-refractivity contribution in [1.29, 1.82) is 0 Å². The minimum Gasteiger partial charge on any atom is -0.398 e. The summed E-state index contributed by atoms with van der Waals surface area (Å²) in [5, 5.41) is 10.5. The second kappa shape index (κ2) is 5.94. The third kappa shape index (κ3) is 3.96. The molecule has 0 unspecified atom stereocenters. The fourth-order valence-corrected chi connectivity index (χ4v) is 3.93. The Morgan fingerprint density at radius 3 is 2.57 bits per heavy atom. The normalized spacial score (nSPS) is 26.7. The van der Waals surface area contributed by atoms with E-state index >= 15 is 0 Å². The summed E-state index contributed by atoms with van der Waals surface area (Å²) in [6.45, 7) is 4.04. The molecule has 0 amide bonds. The number of rotatable bonds is 4. The summed E-state index contributed by atoms with van der Waals surface area (Å²) in [5.41, 5.74) is 5.98. The summed E-state index contributed by atoms with van der Waals surface area (Å²) >= 11 is 0. The molecule has 1 fully saturated rings. The van der Waals surface area contributed by atoms with Crippen LogP contribution in [0, 0.1) is 12.8 Å². The molecule has 0 saturated heterocycles. The van der Waals surface area contributed by atoms with Crippen LogP contribution in [0.4, 0.5) is 5.69 Å². The van der Waals surface area contributed by atoms with E-state index in [-0.39, 0.29) is 17.1 Å². The predicted octanol–water partition coefficient (Wildman–Crippen LogP) is 1.80. The van der Waals surface area contributed by atoms with E-state index in [1.165, 1.54) is 6.07 Å². The van der Waals surface area contributed by atoms with Gasteiger partial charge in [-0.2, -0.15) is 0 Å². The Bertz CT molecular complexity index is 605. The number of hydrogen-bond acceptors (Lipinski definition) is 4. The molecular formula is C15H24N2O3S. The lowest BCUT2D eigenvalue weighted by molar-refractivity contribution is -0.00182. The van der Waals surface area contributed by atoms with Crippen molar-refractivity contribution < 1.29 is 13.5 Å². The molecule has 0 atom stereocenters. The molecule has 6 heteroatoms. The monoisotopic (exact) mass is 312 g/mol. The van der Waals surface area contributed by atoms with Gasteiger partial charge in [-0.25, -0.2) is 13.1 Å². The third-order valence-electron chi connectivity index (χ3n) is 4.25. The number of benzene rings is 1. The Morgan fingerprint density at radius 2 is 2.00 bits per heavy atom. The molecule has 4 N–H and O–H groups in total. The lowest BCUT2D eigenvalue weighted by atomic mass is 9.80. The standard InChI is InChI=1S/C15H24N2O3S/c1-11-5-7-15(18,8-6-11)10-17-21(19,20)14-4-3-12(2)9-13(14)16/h3-4,9,11,17-18H,5-8,10,16H2,1-2H3. The first-order valence-corrected chi connectivity index (χ1v) is 8.78. The van der Waals surface area contributed by atoms with E-state index in [0.29, 0.717) is 18.8 Å². The third-order valence-corrected chi connectivity index (χ3v) is 5.73. The molecule has 5 nitrogen and oxygen atoms in total. The SMILES string of the molecule is Cc1ccc(S(=O)(=O)NCC2(O)CCC(C)CC2)c(N)c1. The van der Waals surface area contributed by atoms with Gasteiger partial charge in [-0.1, -0.05) is 13.0 Å². The van der Waals surface area contributed by atoms with Gasteiger partial charge in [0.05, 0.1) is 11.3 Å². The van der Waals surface area contributed by atoms with Gasteiger partial charge in [-0.05, 0) is 56.2 Å². The zero-order valence-electron chi connectivity index (χ0n) is 12.6. The second-order valence-corrected chi connectivity index (χ2v) is 8.01. The summed E-state index contributed by atoms with van der Waals surface area (Å²) in [5.74, 6) is 0.592. The number of aliphatic hydroxyl groups is 1. The van der Waals surface area contributed by atoms with Crippen LogP contribution in [0.5, 0.6) is 0 Å². The van der Waals surface area contributed by atoms with Gasteiger partial charge in [0, 0.05) is 6.54 Å². The van der Waals surface area contributed by atoms with E-state index in [1.807, 2.05) is 6.92 Å². The zero-order valence-corrected chi connectivity index (χ0v) is 13.4. The number of nitrogen functional groups attached to an aromatic ring is 1. The number of aryl methyl sites for hydroxylation is 1. The molecule has 2 rings (SSSR count). The molecule has 1 aliphatic carbocycles. The number of hydrogen-bond donors (Lipinski definition) is 3. The van der Waals surface area contributed by atoms with Crippen molar-refractivity contribution in [2.24, 2.45) is 5.92 Å². The number of nitrogens with two attached hydrogens (primary N) is 1. The van der Waals surface area contributed by atoms with Gasteiger partial charge in [0.15, 0.2) is 0 Å². The molecule has 0 bridgehead atoms. The van der Waals surface area contributed by atoms with E-state index in [2.05, 4.69) is 11.6 Å². The van der Waals surface area contributed by atoms with Crippen LogP contribution in [0.1, 0.15) is 38.2 Å². The quantitative estimate of drug-likeness (QED) is 0.739. The van der Waals surface area contributed by atoms with Gasteiger partial charge in [0.25, 0.3) is 0 Å². The number of nitrogens with one attached hydrogen (secondary N) is 1. The Morgan fingerprint density at radius 1 is 1.38 bits per heavy atom. The molecule has 1 saturated carbocycles. The highest BCUT2D eigenvalue weighted by molar-refractivity contribution is 7.89. The van der Waals surface area contributed by atoms with Crippen LogP contribution in [0.3, 0.4) is 0 Å². The maximum Gasteiger partial charge on any atom is 0.242 e. The van der Waals surface area contributed by atoms with Gasteiger partial charge < -0.3 is 10.8 Å². The average Bonchev–Trinajstić information content (AvgIpc) is 2.40. The first-order chi connectivity index (χ1) is 9.72. The maximum atomic E-state index is 12.3. The minimum absolute atomic E-state index is 0.0371. The molecule has 0 aromatic heterocycles. The van der Waals surface area contributed by atoms with Crippen LogP contribution in [0.15, 0.2) is 23.1 Å². The Kier molecular flexibility index (Phi) is 4.60. The second-order valence-electron chi connectivity index (χ2n) is 6.27. The maximum absolute atomic E-state index is 12.3. The van der Waals surface area contributed by atoms with Crippen molar-refractivity contribution in [1.82, 2.24) is 4.72 Å². The van der Waals surface area contributed by atoms with Crippen molar-refractivity contribution in [2.75, 3.05) is 12.3 Å². The van der Waals surface area contributed by atoms with Crippen LogP contribution < -0.4 is 10.5 Å². The van der Waals surface area contributed by atoms with E-state index in [9.17, 15) is 13.5 Å². The number of anilines is 1. The van der Waals surface area contributed by atoms with Crippen LogP contribution in [-0.4, -0.2) is 25.7 Å². The molecular weight excluding hydrogens is 288 g/mol. The molecule has 1 aromatic rings. The molecule has 0 heterocycles. The molecule has 118 valence electrons. The van der Waals surface area contributed by atoms with Crippen LogP contribution in [-0.2, 0) is 10.0 Å². The van der Waals surface area contributed by atoms with Crippen LogP contribution >= 0.6 is 0 Å². The fraction of sp³-hybridized carbons (Fsp3) is 0.600. The van der Waals surface area contributed by atoms with Gasteiger partial charge in [0.2, 0.25) is 10.0 Å². The minimum atomic E-state index is -3.69. The smallest absolute Gasteiger partial charge is 0.242 e. The highest BCUT2D eigenvalue weighted by Gasteiger charge is 2.33. The average molecular weight is 312 g/mol. The van der Waals surface area contributed by atoms with Gasteiger partial charge in [-0.3, -0.25) is 0 Å². The lowest BCUT2D eigenvalue weighted by Crippen LogP contribution is -2.45. The van der Waals surface area contributed by atoms with Crippen molar-refractivity contribution in [3.8, 4) is 0 Å². The van der Waals surface area contributed by atoms with Crippen molar-refractivity contribution in [2.45, 2.75) is 50.0 Å². The summed E-state index contributed by atoms with van der Waals surface area (Å²) in [6, 6.07) is 4.84. The number of sulfonamides is 1. The van der Waals surface area contributed by atoms with Crippen LogP contribution in [0.25, 0.3) is 0 Å². The zero-order chi connectivity index (χ0) is 15.7. The van der Waals surface area contributed by atoms with Crippen LogP contribution in [0.2, 0.25) is 0 Å². The van der Waals surface area contributed by atoms with E-state index in [0.717, 1.165) is 18.4 Å². The predicted molar refractivity (Wildman–Crippen MR) is 83.4 cm³/mol. The molecule has 1 aliphatic rings. The Labute approximate surface area is 126 Å². The molecule has 1 aromatic carbocycles. The summed E-state index contributed by atoms with van der Waals surface area (Å²) in [7, 11) is -3.69. The molecule has 0 aliphatic heterocycles. The van der Waals surface area contributed by atoms with Gasteiger partial charge in [0.1, 0.15) is 4.90 Å². The Balaban J connectivity index is 2.08. The first kappa shape index (κ1) is 16.3. The summed E-state index contributed by atoms with van der Waals surface area (Å²) in [4.78, 5) is 0.0703. The van der Waals surface area contributed by atoms with E-state index < -0.39 is 15.6 Å². The highest BCUT2D eigenvalue weighted by atomic mass is 32.2. The van der Waals surface area contributed by atoms with Crippen molar-refractivity contribution >= 4 is 15.7 Å². The van der Waals surface area contributed by atoms with Crippen molar-refractivity contribution in [3.63, 3.8) is 0 Å². The highest BCUT2D eigenvalue weighted by Crippen LogP contribution is 2.31. The van der Waals surface area contributed by atoms with Gasteiger partial charge >= 0.3 is 0 Å². The van der Waals surface area contributed by atoms with Gasteiger partial charge in [-0.15, -0.1) is 0 Å². The Hall–Kier alpha value is -1.11. The molecule has 21 heavy (non-hydrogen) atoms. The molecule has 0 radical (unpaired) electrons. The molecule has 0 spiro atoms. The fourth-order valence-electron chi connectivity index (χ4n) is 2.70. The van der Waals surface area contributed by atoms with Crippen molar-refractivity contribution in [3.05, 3.63) is 23.8 Å². The summed E-state index contributed by atoms with van der Waals surface area (Å²) in [6.07, 6.45) is 3.09. The van der Waals surface area contributed by atoms with E-state index in [4.69, 9.17) is 5.73 Å². The first-order valence-electron chi connectivity index (χ1n) is 7.30. The topological polar surface area (TPSA) is 92.4 Å². The summed E-state index contributed by atoms with van der Waals surface area (Å²) < 4.78 is 27.1. The largest absolute Gasteiger partial charge is 0.398 e. The lowest BCUT2D eigenvalue weighted by Gasteiger charge is -2.34. The van der Waals surface area contributed by atoms with E-state index in [1.54, 1.807) is 12.1 Å².